The lowest BCUT2D eigenvalue weighted by Gasteiger charge is -2.17. The molecule has 0 N–H and O–H groups in total. The summed E-state index contributed by atoms with van der Waals surface area (Å²) in [6, 6.07) is 14.8. The molecule has 7 nitrogen and oxygen atoms in total. The van der Waals surface area contributed by atoms with Crippen molar-refractivity contribution in [3.63, 3.8) is 0 Å². The van der Waals surface area contributed by atoms with E-state index in [4.69, 9.17) is 4.74 Å². The van der Waals surface area contributed by atoms with Crippen molar-refractivity contribution in [1.82, 2.24) is 19.9 Å². The summed E-state index contributed by atoms with van der Waals surface area (Å²) in [4.78, 5) is 26.3. The van der Waals surface area contributed by atoms with Gasteiger partial charge in [-0.3, -0.25) is 9.59 Å². The molecule has 0 spiro atoms. The fourth-order valence-corrected chi connectivity index (χ4v) is 2.69. The number of aryl methyl sites for hydroxylation is 2. The fraction of sp³-hybridized carbons (Fsp3) is 0.300. The second kappa shape index (κ2) is 8.44. The van der Waals surface area contributed by atoms with Gasteiger partial charge in [-0.1, -0.05) is 29.5 Å². The van der Waals surface area contributed by atoms with Crippen molar-refractivity contribution < 1.29 is 9.53 Å². The van der Waals surface area contributed by atoms with Gasteiger partial charge in [0.15, 0.2) is 0 Å². The highest BCUT2D eigenvalue weighted by atomic mass is 16.5. The molecule has 0 aliphatic carbocycles. The van der Waals surface area contributed by atoms with Crippen molar-refractivity contribution in [3.05, 3.63) is 64.4 Å². The number of benzene rings is 2. The van der Waals surface area contributed by atoms with Crippen LogP contribution < -0.4 is 10.3 Å². The molecule has 1 amide bonds. The summed E-state index contributed by atoms with van der Waals surface area (Å²) in [5.74, 6) is 0.707. The highest BCUT2D eigenvalue weighted by Crippen LogP contribution is 2.12. The van der Waals surface area contributed by atoms with E-state index in [0.29, 0.717) is 24.1 Å². The average molecular weight is 366 g/mol. The molecular formula is C20H22N4O3. The number of ether oxygens (including phenoxy) is 1. The maximum atomic E-state index is 12.4. The molecule has 3 aromatic rings. The second-order valence-corrected chi connectivity index (χ2v) is 6.37. The number of amides is 1. The minimum atomic E-state index is -0.237. The zero-order chi connectivity index (χ0) is 19.2. The van der Waals surface area contributed by atoms with Crippen LogP contribution in [0.1, 0.15) is 12.0 Å². The number of carbonyl (C=O) groups is 1. The van der Waals surface area contributed by atoms with Crippen LogP contribution in [-0.2, 0) is 11.3 Å². The quantitative estimate of drug-likeness (QED) is 0.639. The third kappa shape index (κ3) is 4.69. The molecule has 0 atom stereocenters. The molecule has 0 aliphatic heterocycles. The first-order chi connectivity index (χ1) is 13.0. The molecule has 1 aromatic heterocycles. The maximum absolute atomic E-state index is 12.4. The number of hydrogen-bond acceptors (Lipinski definition) is 5. The molecule has 0 saturated carbocycles. The molecule has 140 valence electrons. The van der Waals surface area contributed by atoms with Gasteiger partial charge in [-0.15, -0.1) is 5.10 Å². The molecular weight excluding hydrogens is 344 g/mol. The predicted molar refractivity (Wildman–Crippen MR) is 103 cm³/mol. The lowest BCUT2D eigenvalue weighted by Crippen LogP contribution is -2.33. The molecule has 1 heterocycles. The molecule has 0 radical (unpaired) electrons. The molecule has 0 aliphatic rings. The number of likely N-dealkylation sites (N-methyl/N-ethyl adjacent to an activating group) is 1. The normalized spacial score (nSPS) is 10.7. The van der Waals surface area contributed by atoms with Crippen molar-refractivity contribution in [2.75, 3.05) is 20.2 Å². The number of aromatic nitrogens is 3. The largest absolute Gasteiger partial charge is 0.492 e. The maximum Gasteiger partial charge on any atom is 0.277 e. The highest BCUT2D eigenvalue weighted by Gasteiger charge is 2.11. The Balaban J connectivity index is 1.51. The molecule has 0 bridgehead atoms. The van der Waals surface area contributed by atoms with Gasteiger partial charge in [0.05, 0.1) is 18.5 Å². The van der Waals surface area contributed by atoms with Crippen LogP contribution in [0.4, 0.5) is 0 Å². The first-order valence-corrected chi connectivity index (χ1v) is 8.80. The lowest BCUT2D eigenvalue weighted by molar-refractivity contribution is -0.130. The molecule has 7 heteroatoms. The van der Waals surface area contributed by atoms with E-state index in [0.717, 1.165) is 11.3 Å². The SMILES string of the molecule is Cc1cccc(OCCN(C)C(=O)CCn2nnc3ccccc3c2=O)c1. The second-order valence-electron chi connectivity index (χ2n) is 6.37. The van der Waals surface area contributed by atoms with Crippen LogP contribution in [-0.4, -0.2) is 46.0 Å². The van der Waals surface area contributed by atoms with Crippen molar-refractivity contribution in [2.24, 2.45) is 0 Å². The number of nitrogens with zero attached hydrogens (tertiary/aromatic N) is 4. The number of fused-ring (bicyclic) bond motifs is 1. The Bertz CT molecular complexity index is 1000. The van der Waals surface area contributed by atoms with Crippen LogP contribution >= 0.6 is 0 Å². The van der Waals surface area contributed by atoms with Crippen LogP contribution in [0.25, 0.3) is 10.9 Å². The van der Waals surface area contributed by atoms with Crippen molar-refractivity contribution in [1.29, 1.82) is 0 Å². The Kier molecular flexibility index (Phi) is 5.80. The number of carbonyl (C=O) groups excluding carboxylic acids is 1. The molecule has 3 rings (SSSR count). The third-order valence-corrected chi connectivity index (χ3v) is 4.28. The van der Waals surface area contributed by atoms with Crippen molar-refractivity contribution >= 4 is 16.8 Å². The summed E-state index contributed by atoms with van der Waals surface area (Å²) in [5.41, 5.74) is 1.44. The number of hydrogen-bond donors (Lipinski definition) is 0. The summed E-state index contributed by atoms with van der Waals surface area (Å²) in [6.07, 6.45) is 0.174. The Hall–Kier alpha value is -3.22. The van der Waals surface area contributed by atoms with Gasteiger partial charge in [0, 0.05) is 13.5 Å². The fourth-order valence-electron chi connectivity index (χ4n) is 2.69. The topological polar surface area (TPSA) is 77.3 Å². The van der Waals surface area contributed by atoms with E-state index in [1.54, 1.807) is 36.2 Å². The Labute approximate surface area is 157 Å². The van der Waals surface area contributed by atoms with Gasteiger partial charge in [0.2, 0.25) is 5.91 Å². The zero-order valence-corrected chi connectivity index (χ0v) is 15.5. The van der Waals surface area contributed by atoms with Gasteiger partial charge >= 0.3 is 0 Å². The van der Waals surface area contributed by atoms with E-state index < -0.39 is 0 Å². The molecule has 0 saturated heterocycles. The van der Waals surface area contributed by atoms with Crippen LogP contribution in [0.5, 0.6) is 5.75 Å². The zero-order valence-electron chi connectivity index (χ0n) is 15.5. The van der Waals surface area contributed by atoms with Gasteiger partial charge in [0.1, 0.15) is 17.9 Å². The third-order valence-electron chi connectivity index (χ3n) is 4.28. The average Bonchev–Trinajstić information content (AvgIpc) is 2.67. The van der Waals surface area contributed by atoms with Crippen LogP contribution in [0, 0.1) is 6.92 Å². The minimum Gasteiger partial charge on any atom is -0.492 e. The van der Waals surface area contributed by atoms with E-state index in [1.165, 1.54) is 4.68 Å². The van der Waals surface area contributed by atoms with Gasteiger partial charge in [-0.2, -0.15) is 0 Å². The summed E-state index contributed by atoms with van der Waals surface area (Å²) < 4.78 is 6.90. The first-order valence-electron chi connectivity index (χ1n) is 8.80. The van der Waals surface area contributed by atoms with Gasteiger partial charge in [-0.05, 0) is 36.8 Å². The Morgan fingerprint density at radius 1 is 1.19 bits per heavy atom. The summed E-state index contributed by atoms with van der Waals surface area (Å²) in [6.45, 7) is 3.06. The van der Waals surface area contributed by atoms with E-state index in [-0.39, 0.29) is 24.4 Å². The summed E-state index contributed by atoms with van der Waals surface area (Å²) in [7, 11) is 1.72. The van der Waals surface area contributed by atoms with E-state index in [2.05, 4.69) is 10.3 Å². The monoisotopic (exact) mass is 366 g/mol. The van der Waals surface area contributed by atoms with E-state index in [9.17, 15) is 9.59 Å². The highest BCUT2D eigenvalue weighted by molar-refractivity contribution is 5.77. The van der Waals surface area contributed by atoms with Crippen LogP contribution in [0.3, 0.4) is 0 Å². The molecule has 0 fully saturated rings. The summed E-state index contributed by atoms with van der Waals surface area (Å²) in [5, 5.41) is 8.43. The van der Waals surface area contributed by atoms with E-state index in [1.807, 2.05) is 31.2 Å². The standard InChI is InChI=1S/C20H22N4O3/c1-15-6-5-7-16(14-15)27-13-12-23(2)19(25)10-11-24-20(26)17-8-3-4-9-18(17)21-22-24/h3-9,14H,10-13H2,1-2H3. The van der Waals surface area contributed by atoms with Crippen molar-refractivity contribution in [3.8, 4) is 5.75 Å². The number of rotatable bonds is 7. The smallest absolute Gasteiger partial charge is 0.277 e. The predicted octanol–water partition coefficient (Wildman–Crippen LogP) is 2.03. The van der Waals surface area contributed by atoms with Crippen LogP contribution in [0.2, 0.25) is 0 Å². The minimum absolute atomic E-state index is 0.0790. The Morgan fingerprint density at radius 2 is 2.00 bits per heavy atom. The Morgan fingerprint density at radius 3 is 2.81 bits per heavy atom. The lowest BCUT2D eigenvalue weighted by atomic mass is 10.2. The molecule has 2 aromatic carbocycles. The molecule has 27 heavy (non-hydrogen) atoms. The van der Waals surface area contributed by atoms with Gasteiger partial charge in [0.25, 0.3) is 5.56 Å². The van der Waals surface area contributed by atoms with Crippen molar-refractivity contribution in [2.45, 2.75) is 19.9 Å². The first kappa shape index (κ1) is 18.6. The summed E-state index contributed by atoms with van der Waals surface area (Å²) >= 11 is 0. The van der Waals surface area contributed by atoms with Gasteiger partial charge in [-0.25, -0.2) is 4.68 Å². The van der Waals surface area contributed by atoms with Gasteiger partial charge < -0.3 is 9.64 Å². The van der Waals surface area contributed by atoms with E-state index >= 15 is 0 Å². The van der Waals surface area contributed by atoms with Crippen LogP contribution in [0.15, 0.2) is 53.3 Å². The molecule has 0 unspecified atom stereocenters.